The van der Waals surface area contributed by atoms with Gasteiger partial charge in [-0.3, -0.25) is 0 Å². The van der Waals surface area contributed by atoms with Crippen LogP contribution in [0, 0.1) is 0 Å². The van der Waals surface area contributed by atoms with Crippen molar-refractivity contribution >= 4 is 12.6 Å². The third kappa shape index (κ3) is 12.0. The third-order valence-corrected chi connectivity index (χ3v) is 2.15. The molecule has 0 rings (SSSR count). The van der Waals surface area contributed by atoms with Crippen LogP contribution in [0.4, 0.5) is 0 Å². The molecule has 0 aromatic heterocycles. The maximum absolute atomic E-state index is 5.30. The topological polar surface area (TPSA) is 36.9 Å². The second-order valence-corrected chi connectivity index (χ2v) is 3.49. The van der Waals surface area contributed by atoms with Crippen molar-refractivity contribution in [2.24, 2.45) is 0 Å². The van der Waals surface area contributed by atoms with E-state index < -0.39 is 0 Å². The van der Waals surface area contributed by atoms with Crippen molar-refractivity contribution in [3.8, 4) is 0 Å². The van der Waals surface area contributed by atoms with Crippen molar-refractivity contribution < 1.29 is 18.9 Å². The van der Waals surface area contributed by atoms with Crippen molar-refractivity contribution in [1.29, 1.82) is 0 Å². The van der Waals surface area contributed by atoms with E-state index in [0.29, 0.717) is 52.0 Å². The molecule has 0 amide bonds. The van der Waals surface area contributed by atoms with Gasteiger partial charge in [0.25, 0.3) is 0 Å². The number of hydrogen-bond donors (Lipinski definition) is 1. The molecule has 0 spiro atoms. The summed E-state index contributed by atoms with van der Waals surface area (Å²) in [6.07, 6.45) is 0. The van der Waals surface area contributed by atoms with E-state index in [1.807, 2.05) is 0 Å². The lowest BCUT2D eigenvalue weighted by atomic mass is 10.4. The molecule has 0 aromatic carbocycles. The van der Waals surface area contributed by atoms with Crippen LogP contribution in [0.2, 0.25) is 0 Å². The zero-order valence-electron chi connectivity index (χ0n) is 9.94. The zero-order chi connectivity index (χ0) is 12.1. The van der Waals surface area contributed by atoms with Crippen LogP contribution in [0.3, 0.4) is 0 Å². The number of methoxy groups -OCH3 is 1. The van der Waals surface area contributed by atoms with Gasteiger partial charge in [0.2, 0.25) is 0 Å². The maximum atomic E-state index is 5.30. The van der Waals surface area contributed by atoms with Gasteiger partial charge in [0, 0.05) is 12.9 Å². The Balaban J connectivity index is 2.96. The van der Waals surface area contributed by atoms with E-state index in [2.05, 4.69) is 19.2 Å². The average molecular weight is 250 g/mol. The minimum absolute atomic E-state index is 0.553. The molecule has 0 fully saturated rings. The van der Waals surface area contributed by atoms with Gasteiger partial charge in [0.1, 0.15) is 0 Å². The average Bonchev–Trinajstić information content (AvgIpc) is 2.31. The summed E-state index contributed by atoms with van der Waals surface area (Å²) in [6.45, 7) is 7.88. The summed E-state index contributed by atoms with van der Waals surface area (Å²) in [7, 11) is 1.65. The van der Waals surface area contributed by atoms with Gasteiger partial charge in [-0.15, -0.1) is 0 Å². The molecule has 0 saturated heterocycles. The SMILES string of the molecule is C=C(CS)COCCOCCOCCOC. The van der Waals surface area contributed by atoms with E-state index in [-0.39, 0.29) is 0 Å². The minimum Gasteiger partial charge on any atom is -0.382 e. The lowest BCUT2D eigenvalue weighted by Crippen LogP contribution is -2.12. The van der Waals surface area contributed by atoms with Gasteiger partial charge in [-0.1, -0.05) is 6.58 Å². The van der Waals surface area contributed by atoms with E-state index in [9.17, 15) is 0 Å². The second kappa shape index (κ2) is 13.0. The molecular weight excluding hydrogens is 228 g/mol. The standard InChI is InChI=1S/C11H22O4S/c1-11(10-16)9-15-8-7-14-6-5-13-4-3-12-2/h16H,1,3-10H2,2H3. The highest BCUT2D eigenvalue weighted by molar-refractivity contribution is 7.80. The third-order valence-electron chi connectivity index (χ3n) is 1.71. The number of thiol groups is 1. The summed E-state index contributed by atoms with van der Waals surface area (Å²) < 4.78 is 20.6. The molecule has 0 N–H and O–H groups in total. The summed E-state index contributed by atoms with van der Waals surface area (Å²) >= 11 is 4.08. The van der Waals surface area contributed by atoms with E-state index in [4.69, 9.17) is 18.9 Å². The molecule has 16 heavy (non-hydrogen) atoms. The number of hydrogen-bond acceptors (Lipinski definition) is 5. The first kappa shape index (κ1) is 15.9. The summed E-state index contributed by atoms with van der Waals surface area (Å²) in [5.74, 6) is 0.661. The summed E-state index contributed by atoms with van der Waals surface area (Å²) in [4.78, 5) is 0. The van der Waals surface area contributed by atoms with Crippen molar-refractivity contribution in [2.75, 3.05) is 59.1 Å². The smallest absolute Gasteiger partial charge is 0.0704 e. The quantitative estimate of drug-likeness (QED) is 0.320. The Morgan fingerprint density at radius 1 is 0.938 bits per heavy atom. The fourth-order valence-corrected chi connectivity index (χ4v) is 0.936. The van der Waals surface area contributed by atoms with Crippen LogP contribution in [-0.4, -0.2) is 59.1 Å². The summed E-state index contributed by atoms with van der Waals surface area (Å²) in [6, 6.07) is 0. The molecule has 0 radical (unpaired) electrons. The predicted octanol–water partition coefficient (Wildman–Crippen LogP) is 1.17. The van der Waals surface area contributed by atoms with Crippen molar-refractivity contribution in [1.82, 2.24) is 0 Å². The molecule has 0 aliphatic heterocycles. The second-order valence-electron chi connectivity index (χ2n) is 3.18. The fourth-order valence-electron chi connectivity index (χ4n) is 0.844. The van der Waals surface area contributed by atoms with Gasteiger partial charge in [-0.2, -0.15) is 12.6 Å². The molecular formula is C11H22O4S. The van der Waals surface area contributed by atoms with Gasteiger partial charge >= 0.3 is 0 Å². The highest BCUT2D eigenvalue weighted by Gasteiger charge is 1.93. The Morgan fingerprint density at radius 2 is 1.44 bits per heavy atom. The van der Waals surface area contributed by atoms with E-state index in [1.165, 1.54) is 0 Å². The van der Waals surface area contributed by atoms with Crippen molar-refractivity contribution in [2.45, 2.75) is 0 Å². The zero-order valence-corrected chi connectivity index (χ0v) is 10.8. The molecule has 0 saturated carbocycles. The van der Waals surface area contributed by atoms with Gasteiger partial charge in [-0.25, -0.2) is 0 Å². The van der Waals surface area contributed by atoms with Crippen LogP contribution < -0.4 is 0 Å². The molecule has 4 nitrogen and oxygen atoms in total. The number of rotatable bonds is 12. The van der Waals surface area contributed by atoms with Crippen LogP contribution in [0.25, 0.3) is 0 Å². The van der Waals surface area contributed by atoms with E-state index in [0.717, 1.165) is 5.57 Å². The van der Waals surface area contributed by atoms with Crippen LogP contribution in [-0.2, 0) is 18.9 Å². The van der Waals surface area contributed by atoms with Crippen molar-refractivity contribution in [3.05, 3.63) is 12.2 Å². The molecule has 0 unspecified atom stereocenters. The first-order valence-corrected chi connectivity index (χ1v) is 5.94. The normalized spacial score (nSPS) is 10.6. The highest BCUT2D eigenvalue weighted by atomic mass is 32.1. The highest BCUT2D eigenvalue weighted by Crippen LogP contribution is 1.93. The molecule has 0 heterocycles. The molecule has 96 valence electrons. The lowest BCUT2D eigenvalue weighted by Gasteiger charge is -2.07. The Hall–Kier alpha value is -0.0700. The Kier molecular flexibility index (Phi) is 12.9. The van der Waals surface area contributed by atoms with E-state index >= 15 is 0 Å². The Labute approximate surface area is 103 Å². The fraction of sp³-hybridized carbons (Fsp3) is 0.818. The largest absolute Gasteiger partial charge is 0.382 e. The van der Waals surface area contributed by atoms with Crippen molar-refractivity contribution in [3.63, 3.8) is 0 Å². The first-order chi connectivity index (χ1) is 7.81. The molecule has 0 aliphatic rings. The molecule has 0 bridgehead atoms. The van der Waals surface area contributed by atoms with Gasteiger partial charge in [-0.05, 0) is 5.57 Å². The Morgan fingerprint density at radius 3 is 1.94 bits per heavy atom. The molecule has 0 atom stereocenters. The summed E-state index contributed by atoms with van der Waals surface area (Å²) in [5, 5.41) is 0. The molecule has 5 heteroatoms. The lowest BCUT2D eigenvalue weighted by molar-refractivity contribution is 0.00648. The first-order valence-electron chi connectivity index (χ1n) is 5.31. The predicted molar refractivity (Wildman–Crippen MR) is 67.3 cm³/mol. The van der Waals surface area contributed by atoms with E-state index in [1.54, 1.807) is 7.11 Å². The monoisotopic (exact) mass is 250 g/mol. The minimum atomic E-state index is 0.553. The molecule has 0 aromatic rings. The van der Waals surface area contributed by atoms with Crippen LogP contribution in [0.15, 0.2) is 12.2 Å². The molecule has 0 aliphatic carbocycles. The van der Waals surface area contributed by atoms with Crippen LogP contribution in [0.1, 0.15) is 0 Å². The number of ether oxygens (including phenoxy) is 4. The Bertz CT molecular complexity index is 164. The van der Waals surface area contributed by atoms with Gasteiger partial charge in [0.15, 0.2) is 0 Å². The van der Waals surface area contributed by atoms with Crippen LogP contribution >= 0.6 is 12.6 Å². The maximum Gasteiger partial charge on any atom is 0.0704 e. The van der Waals surface area contributed by atoms with Crippen LogP contribution in [0.5, 0.6) is 0 Å². The van der Waals surface area contributed by atoms with Gasteiger partial charge in [0.05, 0.1) is 46.2 Å². The van der Waals surface area contributed by atoms with Gasteiger partial charge < -0.3 is 18.9 Å². The summed E-state index contributed by atoms with van der Waals surface area (Å²) in [5.41, 5.74) is 0.978.